The normalized spacial score (nSPS) is 19.0. The van der Waals surface area contributed by atoms with Crippen molar-refractivity contribution in [1.82, 2.24) is 4.31 Å². The minimum atomic E-state index is -3.72. The van der Waals surface area contributed by atoms with Gasteiger partial charge in [-0.1, -0.05) is 32.4 Å². The molecule has 5 nitrogen and oxygen atoms in total. The van der Waals surface area contributed by atoms with Crippen LogP contribution in [-0.2, 0) is 10.0 Å². The number of hydrogen-bond acceptors (Lipinski definition) is 3. The maximum absolute atomic E-state index is 12.3. The van der Waals surface area contributed by atoms with Gasteiger partial charge in [0.05, 0.1) is 5.69 Å². The predicted octanol–water partition coefficient (Wildman–Crippen LogP) is 2.27. The van der Waals surface area contributed by atoms with Crippen molar-refractivity contribution in [2.45, 2.75) is 25.2 Å². The van der Waals surface area contributed by atoms with Gasteiger partial charge in [0, 0.05) is 6.54 Å². The number of nitrogens with zero attached hydrogens (tertiary/aromatic N) is 1. The van der Waals surface area contributed by atoms with E-state index in [2.05, 4.69) is 5.32 Å². The molecule has 1 unspecified atom stereocenters. The van der Waals surface area contributed by atoms with Gasteiger partial charge in [-0.2, -0.15) is 0 Å². The van der Waals surface area contributed by atoms with E-state index in [-0.39, 0.29) is 17.4 Å². The Morgan fingerprint density at radius 3 is 2.67 bits per heavy atom. The molecule has 1 aliphatic heterocycles. The molecule has 2 amide bonds. The second-order valence-corrected chi connectivity index (χ2v) is 6.31. The number of para-hydroxylation sites is 1. The van der Waals surface area contributed by atoms with Crippen LogP contribution >= 0.6 is 0 Å². The molecule has 1 aromatic rings. The number of urea groups is 1. The Morgan fingerprint density at radius 2 is 2.00 bits per heavy atom. The molecule has 6 heteroatoms. The van der Waals surface area contributed by atoms with Crippen LogP contribution in [0, 0.1) is 5.92 Å². The van der Waals surface area contributed by atoms with Gasteiger partial charge in [-0.25, -0.2) is 17.5 Å². The van der Waals surface area contributed by atoms with Gasteiger partial charge in [-0.3, -0.25) is 0 Å². The number of benzene rings is 1. The van der Waals surface area contributed by atoms with Gasteiger partial charge >= 0.3 is 6.03 Å². The number of amides is 2. The largest absolute Gasteiger partial charge is 0.335 e. The third kappa shape index (κ3) is 2.08. The van der Waals surface area contributed by atoms with Crippen LogP contribution in [0.4, 0.5) is 10.5 Å². The molecule has 1 aromatic carbocycles. The Kier molecular flexibility index (Phi) is 3.30. The van der Waals surface area contributed by atoms with Gasteiger partial charge in [-0.15, -0.1) is 0 Å². The van der Waals surface area contributed by atoms with E-state index in [4.69, 9.17) is 0 Å². The van der Waals surface area contributed by atoms with Crippen LogP contribution in [0.3, 0.4) is 0 Å². The molecular weight excluding hydrogens is 252 g/mol. The van der Waals surface area contributed by atoms with Crippen molar-refractivity contribution >= 4 is 21.7 Å². The fourth-order valence-electron chi connectivity index (χ4n) is 1.79. The maximum atomic E-state index is 12.3. The minimum absolute atomic E-state index is 0.135. The van der Waals surface area contributed by atoms with E-state index in [1.54, 1.807) is 18.2 Å². The maximum Gasteiger partial charge on any atom is 0.335 e. The molecular formula is C12H16N2O3S. The average Bonchev–Trinajstić information content (AvgIpc) is 2.34. The molecule has 1 heterocycles. The molecule has 0 saturated carbocycles. The van der Waals surface area contributed by atoms with Crippen molar-refractivity contribution in [3.63, 3.8) is 0 Å². The van der Waals surface area contributed by atoms with Crippen LogP contribution in [0.2, 0.25) is 0 Å². The number of nitrogens with one attached hydrogen (secondary N) is 1. The van der Waals surface area contributed by atoms with Crippen LogP contribution in [0.15, 0.2) is 29.2 Å². The number of sulfonamides is 1. The third-order valence-corrected chi connectivity index (χ3v) is 4.90. The lowest BCUT2D eigenvalue weighted by Gasteiger charge is -2.30. The molecule has 2 rings (SSSR count). The van der Waals surface area contributed by atoms with Gasteiger partial charge in [0.2, 0.25) is 0 Å². The average molecular weight is 268 g/mol. The summed E-state index contributed by atoms with van der Waals surface area (Å²) >= 11 is 0. The molecule has 0 radical (unpaired) electrons. The van der Waals surface area contributed by atoms with E-state index in [0.717, 1.165) is 10.7 Å². The summed E-state index contributed by atoms with van der Waals surface area (Å²) in [4.78, 5) is 12.0. The van der Waals surface area contributed by atoms with Crippen molar-refractivity contribution in [3.8, 4) is 0 Å². The summed E-state index contributed by atoms with van der Waals surface area (Å²) in [6, 6.07) is 5.86. The summed E-state index contributed by atoms with van der Waals surface area (Å²) in [5.41, 5.74) is 0.350. The fraction of sp³-hybridized carbons (Fsp3) is 0.417. The number of fused-ring (bicyclic) bond motifs is 1. The highest BCUT2D eigenvalue weighted by Gasteiger charge is 2.36. The van der Waals surface area contributed by atoms with Crippen molar-refractivity contribution < 1.29 is 13.2 Å². The highest BCUT2D eigenvalue weighted by atomic mass is 32.2. The van der Waals surface area contributed by atoms with E-state index in [1.165, 1.54) is 6.07 Å². The standard InChI is InChI=1S/C12H16N2O3S/c1-3-9(2)8-14-12(15)13-10-6-4-5-7-11(10)18(14,16)17/h4-7,9H,3,8H2,1-2H3,(H,13,15). The van der Waals surface area contributed by atoms with Gasteiger partial charge in [0.15, 0.2) is 0 Å². The summed E-state index contributed by atoms with van der Waals surface area (Å²) < 4.78 is 25.6. The number of carbonyl (C=O) groups excluding carboxylic acids is 1. The lowest BCUT2D eigenvalue weighted by atomic mass is 10.1. The monoisotopic (exact) mass is 268 g/mol. The first-order valence-corrected chi connectivity index (χ1v) is 7.33. The summed E-state index contributed by atoms with van der Waals surface area (Å²) in [6.07, 6.45) is 0.820. The highest BCUT2D eigenvalue weighted by molar-refractivity contribution is 7.90. The lowest BCUT2D eigenvalue weighted by molar-refractivity contribution is 0.230. The van der Waals surface area contributed by atoms with Crippen molar-refractivity contribution in [3.05, 3.63) is 24.3 Å². The molecule has 1 aliphatic rings. The van der Waals surface area contributed by atoms with E-state index in [9.17, 15) is 13.2 Å². The summed E-state index contributed by atoms with van der Waals surface area (Å²) in [6.45, 7) is 4.09. The molecule has 0 fully saturated rings. The zero-order valence-corrected chi connectivity index (χ0v) is 11.2. The Bertz CT molecular complexity index is 568. The van der Waals surface area contributed by atoms with E-state index < -0.39 is 16.1 Å². The quantitative estimate of drug-likeness (QED) is 0.914. The number of anilines is 1. The van der Waals surface area contributed by atoms with Crippen molar-refractivity contribution in [1.29, 1.82) is 0 Å². The SMILES string of the molecule is CCC(C)CN1C(=O)Nc2ccccc2S1(=O)=O. The first-order chi connectivity index (χ1) is 8.46. The van der Waals surface area contributed by atoms with Gasteiger partial charge in [0.25, 0.3) is 10.0 Å². The highest BCUT2D eigenvalue weighted by Crippen LogP contribution is 2.30. The van der Waals surface area contributed by atoms with Crippen LogP contribution in [0.25, 0.3) is 0 Å². The van der Waals surface area contributed by atoms with Crippen molar-refractivity contribution in [2.75, 3.05) is 11.9 Å². The second kappa shape index (κ2) is 4.61. The van der Waals surface area contributed by atoms with E-state index in [0.29, 0.717) is 5.69 Å². The first-order valence-electron chi connectivity index (χ1n) is 5.89. The Morgan fingerprint density at radius 1 is 1.33 bits per heavy atom. The minimum Gasteiger partial charge on any atom is -0.306 e. The topological polar surface area (TPSA) is 66.5 Å². The zero-order valence-electron chi connectivity index (χ0n) is 10.4. The first kappa shape index (κ1) is 12.9. The van der Waals surface area contributed by atoms with Gasteiger partial charge in [-0.05, 0) is 18.1 Å². The number of hydrogen-bond donors (Lipinski definition) is 1. The smallest absolute Gasteiger partial charge is 0.306 e. The second-order valence-electron chi connectivity index (χ2n) is 4.48. The molecule has 1 atom stereocenters. The Hall–Kier alpha value is -1.56. The fourth-order valence-corrected chi connectivity index (χ4v) is 3.39. The molecule has 0 aliphatic carbocycles. The zero-order chi connectivity index (χ0) is 13.3. The number of rotatable bonds is 3. The summed E-state index contributed by atoms with van der Waals surface area (Å²) in [5.74, 6) is 0.135. The Labute approximate surface area is 107 Å². The number of carbonyl (C=O) groups is 1. The third-order valence-electron chi connectivity index (χ3n) is 3.10. The molecule has 0 saturated heterocycles. The summed E-state index contributed by atoms with van der Waals surface area (Å²) in [7, 11) is -3.72. The van der Waals surface area contributed by atoms with E-state index >= 15 is 0 Å². The molecule has 0 bridgehead atoms. The Balaban J connectivity index is 2.44. The van der Waals surface area contributed by atoms with Crippen LogP contribution in [-0.4, -0.2) is 25.3 Å². The van der Waals surface area contributed by atoms with E-state index in [1.807, 2.05) is 13.8 Å². The lowest BCUT2D eigenvalue weighted by Crippen LogP contribution is -2.45. The molecule has 1 N–H and O–H groups in total. The van der Waals surface area contributed by atoms with Gasteiger partial charge in [0.1, 0.15) is 4.90 Å². The van der Waals surface area contributed by atoms with Crippen LogP contribution in [0.5, 0.6) is 0 Å². The summed E-state index contributed by atoms with van der Waals surface area (Å²) in [5, 5.41) is 2.60. The van der Waals surface area contributed by atoms with Crippen LogP contribution < -0.4 is 5.32 Å². The van der Waals surface area contributed by atoms with Crippen molar-refractivity contribution in [2.24, 2.45) is 5.92 Å². The van der Waals surface area contributed by atoms with Crippen LogP contribution in [0.1, 0.15) is 20.3 Å². The predicted molar refractivity (Wildman–Crippen MR) is 68.8 cm³/mol. The molecule has 0 spiro atoms. The molecule has 0 aromatic heterocycles. The molecule has 18 heavy (non-hydrogen) atoms. The van der Waals surface area contributed by atoms with Gasteiger partial charge < -0.3 is 5.32 Å². The molecule has 98 valence electrons.